The van der Waals surface area contributed by atoms with Crippen LogP contribution in [0.5, 0.6) is 0 Å². The quantitative estimate of drug-likeness (QED) is 0.852. The highest BCUT2D eigenvalue weighted by atomic mass is 16.2. The maximum absolute atomic E-state index is 13.2. The van der Waals surface area contributed by atoms with E-state index in [1.807, 2.05) is 24.0 Å². The lowest BCUT2D eigenvalue weighted by molar-refractivity contribution is -0.128. The van der Waals surface area contributed by atoms with Crippen LogP contribution in [-0.4, -0.2) is 40.8 Å². The predicted octanol–water partition coefficient (Wildman–Crippen LogP) is 3.08. The van der Waals surface area contributed by atoms with Crippen LogP contribution in [0.4, 0.5) is 0 Å². The monoisotopic (exact) mass is 343 g/mol. The zero-order valence-electron chi connectivity index (χ0n) is 15.2. The van der Waals surface area contributed by atoms with E-state index in [-0.39, 0.29) is 23.8 Å². The number of amides is 2. The van der Waals surface area contributed by atoms with Crippen molar-refractivity contribution < 1.29 is 9.59 Å². The van der Waals surface area contributed by atoms with Crippen LogP contribution in [0.3, 0.4) is 0 Å². The Hall–Kier alpha value is -1.91. The maximum Gasteiger partial charge on any atom is 0.255 e. The summed E-state index contributed by atoms with van der Waals surface area (Å²) in [6.07, 6.45) is 9.86. The Morgan fingerprint density at radius 1 is 1.12 bits per heavy atom. The first kappa shape index (κ1) is 17.9. The normalized spacial score (nSPS) is 25.5. The lowest BCUT2D eigenvalue weighted by Gasteiger charge is -2.39. The number of aryl methyl sites for hydroxylation is 1. The van der Waals surface area contributed by atoms with Crippen molar-refractivity contribution in [3.8, 4) is 0 Å². The van der Waals surface area contributed by atoms with Crippen molar-refractivity contribution in [3.63, 3.8) is 0 Å². The molecule has 2 aliphatic rings. The Morgan fingerprint density at radius 3 is 2.72 bits per heavy atom. The molecule has 1 N–H and O–H groups in total. The summed E-state index contributed by atoms with van der Waals surface area (Å²) in [5.74, 6) is 0.0806. The maximum atomic E-state index is 13.2. The number of rotatable bonds is 1. The van der Waals surface area contributed by atoms with Gasteiger partial charge in [-0.1, -0.05) is 25.7 Å². The number of nitrogens with zero attached hydrogens (tertiary/aromatic N) is 2. The Labute approximate surface area is 150 Å². The third kappa shape index (κ3) is 4.39. The van der Waals surface area contributed by atoms with Crippen LogP contribution in [0.15, 0.2) is 18.3 Å². The van der Waals surface area contributed by atoms with Crippen molar-refractivity contribution in [2.75, 3.05) is 13.1 Å². The summed E-state index contributed by atoms with van der Waals surface area (Å²) in [5, 5.41) is 3.10. The van der Waals surface area contributed by atoms with Crippen LogP contribution < -0.4 is 5.32 Å². The average molecular weight is 343 g/mol. The third-order valence-corrected chi connectivity index (χ3v) is 5.51. The molecular weight excluding hydrogens is 314 g/mol. The van der Waals surface area contributed by atoms with Gasteiger partial charge in [0.05, 0.1) is 11.5 Å². The number of nitrogens with one attached hydrogen (secondary N) is 1. The van der Waals surface area contributed by atoms with Gasteiger partial charge < -0.3 is 10.2 Å². The summed E-state index contributed by atoms with van der Waals surface area (Å²) >= 11 is 0. The van der Waals surface area contributed by atoms with E-state index in [0.717, 1.165) is 70.2 Å². The first-order chi connectivity index (χ1) is 12.2. The standard InChI is InChI=1S/C20H29N3O2/c1-15-10-11-16(14-22-15)20(25)23-13-7-3-2-6-12-21-19(24)17-8-4-5-9-18(17)23/h10-11,14,17-18H,2-9,12-13H2,1H3,(H,21,24). The number of hydrogen-bond donors (Lipinski definition) is 1. The van der Waals surface area contributed by atoms with Crippen LogP contribution in [0.25, 0.3) is 0 Å². The second kappa shape index (κ2) is 8.45. The smallest absolute Gasteiger partial charge is 0.255 e. The van der Waals surface area contributed by atoms with E-state index in [0.29, 0.717) is 5.56 Å². The first-order valence-electron chi connectivity index (χ1n) is 9.68. The Morgan fingerprint density at radius 2 is 1.92 bits per heavy atom. The highest BCUT2D eigenvalue weighted by Crippen LogP contribution is 2.30. The summed E-state index contributed by atoms with van der Waals surface area (Å²) in [5.41, 5.74) is 1.54. The molecule has 2 unspecified atom stereocenters. The number of carbonyl (C=O) groups excluding carboxylic acids is 2. The molecule has 1 saturated heterocycles. The number of carbonyl (C=O) groups is 2. The number of pyridine rings is 1. The third-order valence-electron chi connectivity index (χ3n) is 5.51. The van der Waals surface area contributed by atoms with Crippen LogP contribution >= 0.6 is 0 Å². The highest BCUT2D eigenvalue weighted by Gasteiger charge is 2.37. The molecule has 1 aliphatic carbocycles. The molecule has 1 saturated carbocycles. The van der Waals surface area contributed by atoms with Crippen molar-refractivity contribution in [2.24, 2.45) is 5.92 Å². The van der Waals surface area contributed by atoms with E-state index in [2.05, 4.69) is 10.3 Å². The minimum absolute atomic E-state index is 0.0145. The van der Waals surface area contributed by atoms with Gasteiger partial charge in [-0.25, -0.2) is 0 Å². The fourth-order valence-electron chi connectivity index (χ4n) is 4.07. The van der Waals surface area contributed by atoms with Gasteiger partial charge >= 0.3 is 0 Å². The summed E-state index contributed by atoms with van der Waals surface area (Å²) in [6, 6.07) is 3.75. The van der Waals surface area contributed by atoms with Crippen molar-refractivity contribution in [1.29, 1.82) is 0 Å². The molecule has 5 nitrogen and oxygen atoms in total. The lowest BCUT2D eigenvalue weighted by atomic mass is 9.82. The van der Waals surface area contributed by atoms with Gasteiger partial charge in [0.15, 0.2) is 0 Å². The molecule has 136 valence electrons. The molecule has 0 radical (unpaired) electrons. The SMILES string of the molecule is Cc1ccc(C(=O)N2CCCCCCNC(=O)C3CCCCC32)cn1. The molecule has 5 heteroatoms. The molecule has 1 aromatic heterocycles. The van der Waals surface area contributed by atoms with E-state index in [4.69, 9.17) is 0 Å². The molecule has 3 rings (SSSR count). The number of aromatic nitrogens is 1. The van der Waals surface area contributed by atoms with Gasteiger partial charge in [-0.15, -0.1) is 0 Å². The van der Waals surface area contributed by atoms with Crippen LogP contribution in [0.2, 0.25) is 0 Å². The van der Waals surface area contributed by atoms with Gasteiger partial charge in [-0.3, -0.25) is 14.6 Å². The molecule has 25 heavy (non-hydrogen) atoms. The van der Waals surface area contributed by atoms with Gasteiger partial charge in [-0.05, 0) is 44.7 Å². The average Bonchev–Trinajstić information content (AvgIpc) is 2.67. The summed E-state index contributed by atoms with van der Waals surface area (Å²) in [4.78, 5) is 32.1. The lowest BCUT2D eigenvalue weighted by Crippen LogP contribution is -2.51. The largest absolute Gasteiger partial charge is 0.356 e. The zero-order valence-corrected chi connectivity index (χ0v) is 15.2. The van der Waals surface area contributed by atoms with Crippen LogP contribution in [-0.2, 0) is 4.79 Å². The second-order valence-corrected chi connectivity index (χ2v) is 7.35. The minimum Gasteiger partial charge on any atom is -0.356 e. The topological polar surface area (TPSA) is 62.3 Å². The molecule has 2 atom stereocenters. The summed E-state index contributed by atoms with van der Waals surface area (Å²) < 4.78 is 0. The Bertz CT molecular complexity index is 599. The van der Waals surface area contributed by atoms with Crippen molar-refractivity contribution in [1.82, 2.24) is 15.2 Å². The highest BCUT2D eigenvalue weighted by molar-refractivity contribution is 5.94. The number of fused-ring (bicyclic) bond motifs is 1. The van der Waals surface area contributed by atoms with E-state index in [1.165, 1.54) is 0 Å². The van der Waals surface area contributed by atoms with E-state index >= 15 is 0 Å². The molecule has 0 spiro atoms. The number of hydrogen-bond acceptors (Lipinski definition) is 3. The molecule has 1 aliphatic heterocycles. The second-order valence-electron chi connectivity index (χ2n) is 7.35. The van der Waals surface area contributed by atoms with Crippen LogP contribution in [0.1, 0.15) is 67.4 Å². The Kier molecular flexibility index (Phi) is 6.05. The fraction of sp³-hybridized carbons (Fsp3) is 0.650. The first-order valence-corrected chi connectivity index (χ1v) is 9.68. The molecule has 2 heterocycles. The van der Waals surface area contributed by atoms with Crippen molar-refractivity contribution in [2.45, 2.75) is 64.3 Å². The molecular formula is C20H29N3O2. The summed E-state index contributed by atoms with van der Waals surface area (Å²) in [7, 11) is 0. The predicted molar refractivity (Wildman–Crippen MR) is 97.2 cm³/mol. The Balaban J connectivity index is 1.86. The van der Waals surface area contributed by atoms with Gasteiger partial charge in [0.2, 0.25) is 5.91 Å². The van der Waals surface area contributed by atoms with E-state index in [9.17, 15) is 9.59 Å². The van der Waals surface area contributed by atoms with Gasteiger partial charge in [0.1, 0.15) is 0 Å². The van der Waals surface area contributed by atoms with E-state index in [1.54, 1.807) is 6.20 Å². The zero-order chi connectivity index (χ0) is 17.6. The summed E-state index contributed by atoms with van der Waals surface area (Å²) in [6.45, 7) is 3.42. The van der Waals surface area contributed by atoms with Gasteiger partial charge in [0, 0.05) is 31.0 Å². The van der Waals surface area contributed by atoms with Gasteiger partial charge in [-0.2, -0.15) is 0 Å². The van der Waals surface area contributed by atoms with Gasteiger partial charge in [0.25, 0.3) is 5.91 Å². The van der Waals surface area contributed by atoms with Crippen LogP contribution in [0, 0.1) is 12.8 Å². The minimum atomic E-state index is -0.0748. The fourth-order valence-corrected chi connectivity index (χ4v) is 4.07. The molecule has 0 aromatic carbocycles. The molecule has 1 aromatic rings. The molecule has 2 amide bonds. The molecule has 0 bridgehead atoms. The van der Waals surface area contributed by atoms with E-state index < -0.39 is 0 Å². The van der Waals surface area contributed by atoms with Crippen molar-refractivity contribution in [3.05, 3.63) is 29.6 Å². The van der Waals surface area contributed by atoms with Crippen molar-refractivity contribution >= 4 is 11.8 Å². The molecule has 2 fully saturated rings.